The van der Waals surface area contributed by atoms with Crippen molar-refractivity contribution in [2.45, 2.75) is 32.7 Å². The molecule has 0 amide bonds. The van der Waals surface area contributed by atoms with E-state index in [9.17, 15) is 0 Å². The van der Waals surface area contributed by atoms with Gasteiger partial charge in [0.25, 0.3) is 0 Å². The molecule has 1 aromatic rings. The summed E-state index contributed by atoms with van der Waals surface area (Å²) in [6.07, 6.45) is 0. The van der Waals surface area contributed by atoms with E-state index >= 15 is 0 Å². The Bertz CT molecular complexity index is 366. The Kier molecular flexibility index (Phi) is 5.15. The Balaban J connectivity index is 2.77. The van der Waals surface area contributed by atoms with Crippen molar-refractivity contribution in [2.75, 3.05) is 26.0 Å². The Hall–Kier alpha value is -0.870. The summed E-state index contributed by atoms with van der Waals surface area (Å²) < 4.78 is 0. The SMILES string of the molecule is CC(CN(C)C)Nc1cc(Cl)nc(C(C)C)n1. The monoisotopic (exact) mass is 256 g/mol. The number of hydrogen-bond donors (Lipinski definition) is 1. The highest BCUT2D eigenvalue weighted by Crippen LogP contribution is 2.17. The van der Waals surface area contributed by atoms with Crippen LogP contribution < -0.4 is 5.32 Å². The molecule has 5 heteroatoms. The molecule has 96 valence electrons. The Morgan fingerprint density at radius 2 is 1.94 bits per heavy atom. The molecule has 0 saturated heterocycles. The van der Waals surface area contributed by atoms with Gasteiger partial charge in [0.1, 0.15) is 16.8 Å². The largest absolute Gasteiger partial charge is 0.366 e. The first-order chi connectivity index (χ1) is 7.88. The second kappa shape index (κ2) is 6.17. The molecule has 4 nitrogen and oxygen atoms in total. The maximum absolute atomic E-state index is 5.98. The molecular formula is C12H21ClN4. The van der Waals surface area contributed by atoms with Crippen LogP contribution in [0.3, 0.4) is 0 Å². The summed E-state index contributed by atoms with van der Waals surface area (Å²) >= 11 is 5.98. The van der Waals surface area contributed by atoms with Crippen molar-refractivity contribution >= 4 is 17.4 Å². The van der Waals surface area contributed by atoms with E-state index in [1.54, 1.807) is 6.07 Å². The van der Waals surface area contributed by atoms with E-state index in [2.05, 4.69) is 41.0 Å². The quantitative estimate of drug-likeness (QED) is 0.823. The molecule has 0 spiro atoms. The summed E-state index contributed by atoms with van der Waals surface area (Å²) in [6, 6.07) is 2.08. The van der Waals surface area contributed by atoms with Crippen LogP contribution >= 0.6 is 11.6 Å². The van der Waals surface area contributed by atoms with Crippen LogP contribution in [0.15, 0.2) is 6.07 Å². The fraction of sp³-hybridized carbons (Fsp3) is 0.667. The molecule has 0 bridgehead atoms. The molecule has 1 unspecified atom stereocenters. The number of halogens is 1. The number of aromatic nitrogens is 2. The van der Waals surface area contributed by atoms with Crippen molar-refractivity contribution in [1.29, 1.82) is 0 Å². The predicted molar refractivity (Wildman–Crippen MR) is 72.8 cm³/mol. The molecular weight excluding hydrogens is 236 g/mol. The van der Waals surface area contributed by atoms with Gasteiger partial charge in [-0.1, -0.05) is 25.4 Å². The highest BCUT2D eigenvalue weighted by molar-refractivity contribution is 6.29. The number of nitrogens with zero attached hydrogens (tertiary/aromatic N) is 3. The fourth-order valence-corrected chi connectivity index (χ4v) is 1.80. The highest BCUT2D eigenvalue weighted by atomic mass is 35.5. The standard InChI is InChI=1S/C12H21ClN4/c1-8(2)12-15-10(13)6-11(16-12)14-9(3)7-17(4)5/h6,8-9H,7H2,1-5H3,(H,14,15,16). The van der Waals surface area contributed by atoms with E-state index in [1.807, 2.05) is 14.1 Å². The minimum absolute atomic E-state index is 0.276. The van der Waals surface area contributed by atoms with Crippen molar-refractivity contribution < 1.29 is 0 Å². The summed E-state index contributed by atoms with van der Waals surface area (Å²) in [5, 5.41) is 3.82. The molecule has 0 saturated carbocycles. The summed E-state index contributed by atoms with van der Waals surface area (Å²) in [7, 11) is 4.09. The van der Waals surface area contributed by atoms with E-state index in [-0.39, 0.29) is 5.92 Å². The molecule has 1 atom stereocenters. The van der Waals surface area contributed by atoms with Gasteiger partial charge in [0.2, 0.25) is 0 Å². The summed E-state index contributed by atoms with van der Waals surface area (Å²) in [5.41, 5.74) is 0. The maximum atomic E-state index is 5.98. The molecule has 1 aromatic heterocycles. The van der Waals surface area contributed by atoms with Crippen LogP contribution in [-0.2, 0) is 0 Å². The number of hydrogen-bond acceptors (Lipinski definition) is 4. The molecule has 1 heterocycles. The van der Waals surface area contributed by atoms with Crippen molar-refractivity contribution in [3.63, 3.8) is 0 Å². The van der Waals surface area contributed by atoms with Crippen LogP contribution in [0.1, 0.15) is 32.5 Å². The second-order valence-electron chi connectivity index (χ2n) is 4.90. The van der Waals surface area contributed by atoms with Gasteiger partial charge in [-0.3, -0.25) is 0 Å². The van der Waals surface area contributed by atoms with Gasteiger partial charge >= 0.3 is 0 Å². The van der Waals surface area contributed by atoms with Crippen LogP contribution in [0.25, 0.3) is 0 Å². The molecule has 0 aliphatic rings. The Morgan fingerprint density at radius 1 is 1.29 bits per heavy atom. The van der Waals surface area contributed by atoms with E-state index < -0.39 is 0 Å². The van der Waals surface area contributed by atoms with Gasteiger partial charge in [-0.2, -0.15) is 0 Å². The Morgan fingerprint density at radius 3 is 2.47 bits per heavy atom. The second-order valence-corrected chi connectivity index (χ2v) is 5.28. The normalized spacial score (nSPS) is 13.2. The van der Waals surface area contributed by atoms with Gasteiger partial charge in [-0.15, -0.1) is 0 Å². The van der Waals surface area contributed by atoms with Crippen molar-refractivity contribution in [3.8, 4) is 0 Å². The van der Waals surface area contributed by atoms with Crippen LogP contribution in [0.2, 0.25) is 5.15 Å². The van der Waals surface area contributed by atoms with E-state index in [0.717, 1.165) is 18.2 Å². The van der Waals surface area contributed by atoms with Gasteiger partial charge in [0.15, 0.2) is 0 Å². The number of likely N-dealkylation sites (N-methyl/N-ethyl adjacent to an activating group) is 1. The molecule has 0 aromatic carbocycles. The first-order valence-corrected chi connectivity index (χ1v) is 6.22. The fourth-order valence-electron chi connectivity index (χ4n) is 1.61. The summed E-state index contributed by atoms with van der Waals surface area (Å²) in [5.74, 6) is 1.85. The smallest absolute Gasteiger partial charge is 0.135 e. The molecule has 0 radical (unpaired) electrons. The molecule has 0 aliphatic carbocycles. The van der Waals surface area contributed by atoms with E-state index in [1.165, 1.54) is 0 Å². The lowest BCUT2D eigenvalue weighted by Crippen LogP contribution is -2.30. The minimum Gasteiger partial charge on any atom is -0.366 e. The lowest BCUT2D eigenvalue weighted by molar-refractivity contribution is 0.392. The molecule has 1 N–H and O–H groups in total. The van der Waals surface area contributed by atoms with Gasteiger partial charge in [0, 0.05) is 24.6 Å². The molecule has 0 aliphatic heterocycles. The summed E-state index contributed by atoms with van der Waals surface area (Å²) in [6.45, 7) is 7.17. The first-order valence-electron chi connectivity index (χ1n) is 5.84. The highest BCUT2D eigenvalue weighted by Gasteiger charge is 2.09. The van der Waals surface area contributed by atoms with E-state index in [0.29, 0.717) is 11.2 Å². The topological polar surface area (TPSA) is 41.0 Å². The van der Waals surface area contributed by atoms with Gasteiger partial charge < -0.3 is 10.2 Å². The van der Waals surface area contributed by atoms with Crippen LogP contribution in [0.4, 0.5) is 5.82 Å². The molecule has 17 heavy (non-hydrogen) atoms. The van der Waals surface area contributed by atoms with Crippen molar-refractivity contribution in [1.82, 2.24) is 14.9 Å². The summed E-state index contributed by atoms with van der Waals surface area (Å²) in [4.78, 5) is 10.8. The van der Waals surface area contributed by atoms with Crippen molar-refractivity contribution in [2.24, 2.45) is 0 Å². The van der Waals surface area contributed by atoms with E-state index in [4.69, 9.17) is 11.6 Å². The van der Waals surface area contributed by atoms with Crippen molar-refractivity contribution in [3.05, 3.63) is 17.0 Å². The van der Waals surface area contributed by atoms with Gasteiger partial charge in [0.05, 0.1) is 0 Å². The third-order valence-corrected chi connectivity index (χ3v) is 2.46. The van der Waals surface area contributed by atoms with Crippen LogP contribution in [-0.4, -0.2) is 41.5 Å². The lowest BCUT2D eigenvalue weighted by Gasteiger charge is -2.19. The third-order valence-electron chi connectivity index (χ3n) is 2.26. The first kappa shape index (κ1) is 14.2. The third kappa shape index (κ3) is 4.88. The average Bonchev–Trinajstić information content (AvgIpc) is 2.14. The predicted octanol–water partition coefficient (Wildman–Crippen LogP) is 2.62. The number of anilines is 1. The maximum Gasteiger partial charge on any atom is 0.135 e. The molecule has 0 fully saturated rings. The zero-order valence-corrected chi connectivity index (χ0v) is 11.9. The Labute approximate surface area is 108 Å². The lowest BCUT2D eigenvalue weighted by atomic mass is 10.2. The average molecular weight is 257 g/mol. The minimum atomic E-state index is 0.276. The zero-order chi connectivity index (χ0) is 13.0. The van der Waals surface area contributed by atoms with Gasteiger partial charge in [-0.05, 0) is 21.0 Å². The van der Waals surface area contributed by atoms with Crippen LogP contribution in [0.5, 0.6) is 0 Å². The van der Waals surface area contributed by atoms with Crippen LogP contribution in [0, 0.1) is 0 Å². The number of nitrogens with one attached hydrogen (secondary N) is 1. The van der Waals surface area contributed by atoms with Gasteiger partial charge in [-0.25, -0.2) is 9.97 Å². The molecule has 1 rings (SSSR count). The zero-order valence-electron chi connectivity index (χ0n) is 11.2. The number of rotatable bonds is 5.